The van der Waals surface area contributed by atoms with E-state index in [1.54, 1.807) is 11.9 Å². The zero-order chi connectivity index (χ0) is 7.11. The van der Waals surface area contributed by atoms with E-state index < -0.39 is 0 Å². The molecule has 0 rings (SSSR count). The minimum absolute atomic E-state index is 0.836. The van der Waals surface area contributed by atoms with Crippen LogP contribution in [0.5, 0.6) is 0 Å². The highest BCUT2D eigenvalue weighted by atomic mass is 15.1. The first-order valence-corrected chi connectivity index (χ1v) is 3.03. The predicted molar refractivity (Wildman–Crippen MR) is 37.7 cm³/mol. The van der Waals surface area contributed by atoms with Gasteiger partial charge in [-0.15, -0.1) is 6.58 Å². The summed E-state index contributed by atoms with van der Waals surface area (Å²) in [6, 6.07) is 0. The number of rotatable bonds is 4. The molecule has 0 bridgehead atoms. The molecular formula is C7H12N2. The first kappa shape index (κ1) is 8.03. The van der Waals surface area contributed by atoms with Crippen molar-refractivity contribution in [2.45, 2.75) is 12.8 Å². The highest BCUT2D eigenvalue weighted by Gasteiger charge is 1.88. The Morgan fingerprint density at radius 3 is 2.89 bits per heavy atom. The van der Waals surface area contributed by atoms with Crippen LogP contribution in [0.25, 0.3) is 0 Å². The van der Waals surface area contributed by atoms with Gasteiger partial charge in [-0.3, -0.25) is 0 Å². The number of unbranched alkanes of at least 4 members (excludes halogenated alkanes) is 1. The quantitative estimate of drug-likeness (QED) is 0.245. The molecule has 0 saturated carbocycles. The molecule has 0 aliphatic rings. The Hall–Kier alpha value is -0.970. The number of nitrogens with zero attached hydrogens (tertiary/aromatic N) is 2. The third kappa shape index (κ3) is 4.89. The maximum Gasteiger partial charge on any atom is 0.179 e. The summed E-state index contributed by atoms with van der Waals surface area (Å²) in [6.45, 7) is 4.42. The lowest BCUT2D eigenvalue weighted by molar-refractivity contribution is 0.463. The molecule has 0 amide bonds. The van der Waals surface area contributed by atoms with Crippen molar-refractivity contribution >= 4 is 0 Å². The van der Waals surface area contributed by atoms with Crippen molar-refractivity contribution in [2.24, 2.45) is 0 Å². The van der Waals surface area contributed by atoms with Crippen molar-refractivity contribution in [3.05, 3.63) is 12.7 Å². The van der Waals surface area contributed by atoms with Crippen LogP contribution in [0.2, 0.25) is 0 Å². The van der Waals surface area contributed by atoms with Crippen LogP contribution in [-0.4, -0.2) is 18.5 Å². The maximum atomic E-state index is 8.28. The number of nitriles is 1. The molecule has 0 fully saturated rings. The molecule has 0 aromatic rings. The Morgan fingerprint density at radius 2 is 2.44 bits per heavy atom. The van der Waals surface area contributed by atoms with Gasteiger partial charge in [0.15, 0.2) is 6.19 Å². The van der Waals surface area contributed by atoms with E-state index in [2.05, 4.69) is 6.58 Å². The second-order valence-corrected chi connectivity index (χ2v) is 1.95. The number of hydrogen-bond acceptors (Lipinski definition) is 2. The number of allylic oxidation sites excluding steroid dienone is 1. The molecule has 2 heteroatoms. The van der Waals surface area contributed by atoms with E-state index in [4.69, 9.17) is 5.26 Å². The van der Waals surface area contributed by atoms with Gasteiger partial charge in [0.25, 0.3) is 0 Å². The van der Waals surface area contributed by atoms with Crippen LogP contribution in [0.15, 0.2) is 12.7 Å². The fraction of sp³-hybridized carbons (Fsp3) is 0.571. The van der Waals surface area contributed by atoms with Crippen molar-refractivity contribution in [1.29, 1.82) is 5.26 Å². The van der Waals surface area contributed by atoms with Crippen LogP contribution in [0.3, 0.4) is 0 Å². The van der Waals surface area contributed by atoms with E-state index in [-0.39, 0.29) is 0 Å². The molecule has 0 unspecified atom stereocenters. The molecule has 0 radical (unpaired) electrons. The van der Waals surface area contributed by atoms with E-state index >= 15 is 0 Å². The minimum atomic E-state index is 0.836. The van der Waals surface area contributed by atoms with Gasteiger partial charge in [-0.2, -0.15) is 5.26 Å². The van der Waals surface area contributed by atoms with Gasteiger partial charge in [0, 0.05) is 13.6 Å². The summed E-state index contributed by atoms with van der Waals surface area (Å²) in [4.78, 5) is 1.61. The van der Waals surface area contributed by atoms with Crippen LogP contribution in [0, 0.1) is 11.5 Å². The normalized spacial score (nSPS) is 8.00. The molecule has 0 spiro atoms. The fourth-order valence-corrected chi connectivity index (χ4v) is 0.523. The summed E-state index contributed by atoms with van der Waals surface area (Å²) >= 11 is 0. The van der Waals surface area contributed by atoms with E-state index in [1.165, 1.54) is 0 Å². The Labute approximate surface area is 56.4 Å². The van der Waals surface area contributed by atoms with Crippen LogP contribution in [-0.2, 0) is 0 Å². The Morgan fingerprint density at radius 1 is 1.78 bits per heavy atom. The largest absolute Gasteiger partial charge is 0.314 e. The maximum absolute atomic E-state index is 8.28. The molecule has 2 nitrogen and oxygen atoms in total. The van der Waals surface area contributed by atoms with Crippen molar-refractivity contribution in [3.63, 3.8) is 0 Å². The minimum Gasteiger partial charge on any atom is -0.314 e. The lowest BCUT2D eigenvalue weighted by Gasteiger charge is -2.05. The van der Waals surface area contributed by atoms with Gasteiger partial charge in [-0.05, 0) is 12.8 Å². The molecule has 50 valence electrons. The smallest absolute Gasteiger partial charge is 0.179 e. The topological polar surface area (TPSA) is 27.0 Å². The standard InChI is InChI=1S/C7H12N2/c1-3-4-5-6-9(2)7-8/h3H,1,4-6H2,2H3. The molecular weight excluding hydrogens is 112 g/mol. The van der Waals surface area contributed by atoms with E-state index in [1.807, 2.05) is 12.3 Å². The zero-order valence-electron chi connectivity index (χ0n) is 5.80. The molecule has 0 aromatic carbocycles. The Bertz CT molecular complexity index is 113. The molecule has 0 aliphatic heterocycles. The average molecular weight is 124 g/mol. The van der Waals surface area contributed by atoms with Gasteiger partial charge in [0.2, 0.25) is 0 Å². The SMILES string of the molecule is C=CCCCN(C)C#N. The van der Waals surface area contributed by atoms with E-state index in [9.17, 15) is 0 Å². The molecule has 0 N–H and O–H groups in total. The summed E-state index contributed by atoms with van der Waals surface area (Å²) in [5.74, 6) is 0. The Balaban J connectivity index is 3.08. The lowest BCUT2D eigenvalue weighted by atomic mass is 10.3. The first-order valence-electron chi connectivity index (χ1n) is 3.03. The highest BCUT2D eigenvalue weighted by Crippen LogP contribution is 1.90. The third-order valence-corrected chi connectivity index (χ3v) is 1.07. The van der Waals surface area contributed by atoms with Gasteiger partial charge in [0.1, 0.15) is 0 Å². The van der Waals surface area contributed by atoms with Crippen LogP contribution in [0.1, 0.15) is 12.8 Å². The van der Waals surface area contributed by atoms with Crippen molar-refractivity contribution in [1.82, 2.24) is 4.90 Å². The zero-order valence-corrected chi connectivity index (χ0v) is 5.80. The summed E-state index contributed by atoms with van der Waals surface area (Å²) in [5, 5.41) is 8.28. The van der Waals surface area contributed by atoms with Crippen molar-refractivity contribution < 1.29 is 0 Å². The first-order chi connectivity index (χ1) is 4.31. The van der Waals surface area contributed by atoms with Gasteiger partial charge in [0.05, 0.1) is 0 Å². The van der Waals surface area contributed by atoms with Crippen molar-refractivity contribution in [2.75, 3.05) is 13.6 Å². The molecule has 0 aromatic heterocycles. The van der Waals surface area contributed by atoms with Gasteiger partial charge < -0.3 is 4.90 Å². The molecule has 0 saturated heterocycles. The molecule has 0 heterocycles. The van der Waals surface area contributed by atoms with Gasteiger partial charge in [-0.1, -0.05) is 6.08 Å². The van der Waals surface area contributed by atoms with Gasteiger partial charge in [-0.25, -0.2) is 0 Å². The van der Waals surface area contributed by atoms with Crippen LogP contribution in [0.4, 0.5) is 0 Å². The lowest BCUT2D eigenvalue weighted by Crippen LogP contribution is -2.11. The third-order valence-electron chi connectivity index (χ3n) is 1.07. The summed E-state index contributed by atoms with van der Waals surface area (Å²) < 4.78 is 0. The highest BCUT2D eigenvalue weighted by molar-refractivity contribution is 4.71. The Kier molecular flexibility index (Phi) is 4.61. The van der Waals surface area contributed by atoms with Crippen LogP contribution >= 0.6 is 0 Å². The second-order valence-electron chi connectivity index (χ2n) is 1.95. The van der Waals surface area contributed by atoms with Crippen LogP contribution < -0.4 is 0 Å². The van der Waals surface area contributed by atoms with E-state index in [0.29, 0.717) is 0 Å². The number of hydrogen-bond donors (Lipinski definition) is 0. The fourth-order valence-electron chi connectivity index (χ4n) is 0.523. The van der Waals surface area contributed by atoms with E-state index in [0.717, 1.165) is 19.4 Å². The monoisotopic (exact) mass is 124 g/mol. The van der Waals surface area contributed by atoms with Gasteiger partial charge >= 0.3 is 0 Å². The second kappa shape index (κ2) is 5.17. The predicted octanol–water partition coefficient (Wildman–Crippen LogP) is 1.37. The molecule has 0 aliphatic carbocycles. The summed E-state index contributed by atoms with van der Waals surface area (Å²) in [6.07, 6.45) is 5.90. The average Bonchev–Trinajstić information content (AvgIpc) is 1.89. The molecule has 9 heavy (non-hydrogen) atoms. The van der Waals surface area contributed by atoms with Crippen molar-refractivity contribution in [3.8, 4) is 6.19 Å². The summed E-state index contributed by atoms with van der Waals surface area (Å²) in [7, 11) is 1.78. The molecule has 0 atom stereocenters. The summed E-state index contributed by atoms with van der Waals surface area (Å²) in [5.41, 5.74) is 0.